The quantitative estimate of drug-likeness (QED) is 0.856. The summed E-state index contributed by atoms with van der Waals surface area (Å²) in [5.74, 6) is -1.96. The largest absolute Gasteiger partial charge is 0.399 e. The molecule has 4 nitrogen and oxygen atoms in total. The molecule has 2 aromatic carbocycles. The van der Waals surface area contributed by atoms with Crippen LogP contribution < -0.4 is 10.5 Å². The number of nitrogens with two attached hydrogens (primary N) is 1. The second-order valence-electron chi connectivity index (χ2n) is 4.69. The van der Waals surface area contributed by atoms with Gasteiger partial charge in [0.05, 0.1) is 4.90 Å². The van der Waals surface area contributed by atoms with Crippen molar-refractivity contribution in [3.05, 3.63) is 53.1 Å². The van der Waals surface area contributed by atoms with E-state index < -0.39 is 27.3 Å². The van der Waals surface area contributed by atoms with E-state index in [1.54, 1.807) is 13.8 Å². The van der Waals surface area contributed by atoms with Gasteiger partial charge in [-0.2, -0.15) is 0 Å². The molecule has 0 aliphatic rings. The van der Waals surface area contributed by atoms with Crippen molar-refractivity contribution < 1.29 is 17.2 Å². The SMILES string of the molecule is Cc1cc(N)cc(C)c1S(=O)(=O)Nc1c(F)cccc1F. The molecule has 21 heavy (non-hydrogen) atoms. The molecule has 0 bridgehead atoms. The van der Waals surface area contributed by atoms with Gasteiger partial charge in [-0.3, -0.25) is 4.72 Å². The van der Waals surface area contributed by atoms with Crippen LogP contribution in [0.15, 0.2) is 35.2 Å². The molecule has 0 atom stereocenters. The van der Waals surface area contributed by atoms with Crippen LogP contribution in [0.25, 0.3) is 0 Å². The van der Waals surface area contributed by atoms with Crippen LogP contribution >= 0.6 is 0 Å². The zero-order valence-electron chi connectivity index (χ0n) is 11.4. The first-order valence-corrected chi connectivity index (χ1v) is 7.54. The topological polar surface area (TPSA) is 72.2 Å². The lowest BCUT2D eigenvalue weighted by atomic mass is 10.1. The fourth-order valence-electron chi connectivity index (χ4n) is 2.19. The van der Waals surface area contributed by atoms with Crippen molar-refractivity contribution in [2.45, 2.75) is 18.7 Å². The lowest BCUT2D eigenvalue weighted by Crippen LogP contribution is -2.17. The van der Waals surface area contributed by atoms with E-state index in [1.165, 1.54) is 12.1 Å². The average molecular weight is 312 g/mol. The summed E-state index contributed by atoms with van der Waals surface area (Å²) >= 11 is 0. The Balaban J connectivity index is 2.54. The van der Waals surface area contributed by atoms with Crippen LogP contribution in [0.3, 0.4) is 0 Å². The monoisotopic (exact) mass is 312 g/mol. The number of halogens is 2. The zero-order chi connectivity index (χ0) is 15.8. The summed E-state index contributed by atoms with van der Waals surface area (Å²) in [6, 6.07) is 6.08. The van der Waals surface area contributed by atoms with Crippen LogP contribution in [-0.2, 0) is 10.0 Å². The summed E-state index contributed by atoms with van der Waals surface area (Å²) in [5.41, 5.74) is 6.15. The van der Waals surface area contributed by atoms with E-state index in [0.717, 1.165) is 18.2 Å². The number of nitrogens with one attached hydrogen (secondary N) is 1. The smallest absolute Gasteiger partial charge is 0.262 e. The highest BCUT2D eigenvalue weighted by atomic mass is 32.2. The van der Waals surface area contributed by atoms with Gasteiger partial charge in [-0.25, -0.2) is 17.2 Å². The maximum absolute atomic E-state index is 13.6. The normalized spacial score (nSPS) is 11.4. The minimum atomic E-state index is -4.12. The molecule has 3 N–H and O–H groups in total. The highest BCUT2D eigenvalue weighted by Crippen LogP contribution is 2.27. The minimum absolute atomic E-state index is 0.0423. The Kier molecular flexibility index (Phi) is 3.87. The minimum Gasteiger partial charge on any atom is -0.399 e. The van der Waals surface area contributed by atoms with Crippen LogP contribution in [0.1, 0.15) is 11.1 Å². The fraction of sp³-hybridized carbons (Fsp3) is 0.143. The van der Waals surface area contributed by atoms with E-state index in [9.17, 15) is 17.2 Å². The first kappa shape index (κ1) is 15.2. The standard InChI is InChI=1S/C14H14F2N2O2S/c1-8-6-10(17)7-9(2)14(8)21(19,20)18-13-11(15)4-3-5-12(13)16/h3-7,18H,17H2,1-2H3. The molecule has 2 rings (SSSR count). The van der Waals surface area contributed by atoms with Gasteiger partial charge in [0, 0.05) is 5.69 Å². The molecular formula is C14H14F2N2O2S. The van der Waals surface area contributed by atoms with Crippen molar-refractivity contribution in [1.29, 1.82) is 0 Å². The van der Waals surface area contributed by atoms with Crippen LogP contribution in [0, 0.1) is 25.5 Å². The molecule has 112 valence electrons. The molecule has 0 amide bonds. The molecule has 0 aliphatic heterocycles. The number of para-hydroxylation sites is 1. The molecule has 7 heteroatoms. The maximum Gasteiger partial charge on any atom is 0.262 e. The molecule has 0 aromatic heterocycles. The highest BCUT2D eigenvalue weighted by molar-refractivity contribution is 7.92. The Morgan fingerprint density at radius 3 is 2.00 bits per heavy atom. The molecule has 0 fully saturated rings. The average Bonchev–Trinajstić information content (AvgIpc) is 2.32. The van der Waals surface area contributed by atoms with Gasteiger partial charge in [0.25, 0.3) is 10.0 Å². The third-order valence-electron chi connectivity index (χ3n) is 2.95. The van der Waals surface area contributed by atoms with Crippen LogP contribution in [-0.4, -0.2) is 8.42 Å². The van der Waals surface area contributed by atoms with Gasteiger partial charge >= 0.3 is 0 Å². The molecule has 0 spiro atoms. The van der Waals surface area contributed by atoms with E-state index in [0.29, 0.717) is 16.8 Å². The molecule has 0 radical (unpaired) electrons. The van der Waals surface area contributed by atoms with E-state index in [1.807, 2.05) is 4.72 Å². The van der Waals surface area contributed by atoms with Crippen LogP contribution in [0.4, 0.5) is 20.2 Å². The van der Waals surface area contributed by atoms with Crippen LogP contribution in [0.2, 0.25) is 0 Å². The van der Waals surface area contributed by atoms with Gasteiger partial charge < -0.3 is 5.73 Å². The van der Waals surface area contributed by atoms with Crippen molar-refractivity contribution in [2.24, 2.45) is 0 Å². The molecular weight excluding hydrogens is 298 g/mol. The van der Waals surface area contributed by atoms with Gasteiger partial charge in [-0.05, 0) is 49.2 Å². The zero-order valence-corrected chi connectivity index (χ0v) is 12.3. The van der Waals surface area contributed by atoms with E-state index in [-0.39, 0.29) is 4.90 Å². The Morgan fingerprint density at radius 1 is 1.05 bits per heavy atom. The number of aryl methyl sites for hydroxylation is 2. The summed E-state index contributed by atoms with van der Waals surface area (Å²) in [6.45, 7) is 3.13. The van der Waals surface area contributed by atoms with Crippen molar-refractivity contribution in [3.8, 4) is 0 Å². The second-order valence-corrected chi connectivity index (χ2v) is 6.31. The predicted octanol–water partition coefficient (Wildman–Crippen LogP) is 2.96. The summed E-state index contributed by atoms with van der Waals surface area (Å²) < 4.78 is 53.9. The Bertz CT molecular complexity index is 761. The fourth-order valence-corrected chi connectivity index (χ4v) is 3.72. The first-order chi connectivity index (χ1) is 9.72. The summed E-state index contributed by atoms with van der Waals surface area (Å²) in [7, 11) is -4.12. The van der Waals surface area contributed by atoms with Gasteiger partial charge in [-0.15, -0.1) is 0 Å². The summed E-state index contributed by atoms with van der Waals surface area (Å²) in [5, 5.41) is 0. The van der Waals surface area contributed by atoms with Gasteiger partial charge in [-0.1, -0.05) is 6.07 Å². The third kappa shape index (κ3) is 2.97. The predicted molar refractivity (Wildman–Crippen MR) is 77.5 cm³/mol. The van der Waals surface area contributed by atoms with E-state index in [4.69, 9.17) is 5.73 Å². The van der Waals surface area contributed by atoms with Crippen molar-refractivity contribution in [1.82, 2.24) is 0 Å². The second kappa shape index (κ2) is 5.33. The summed E-state index contributed by atoms with van der Waals surface area (Å²) in [6.07, 6.45) is 0. The Labute approximate surface area is 121 Å². The van der Waals surface area contributed by atoms with Crippen molar-refractivity contribution >= 4 is 21.4 Å². The number of rotatable bonds is 3. The van der Waals surface area contributed by atoms with E-state index in [2.05, 4.69) is 0 Å². The number of sulfonamides is 1. The molecule has 0 saturated carbocycles. The van der Waals surface area contributed by atoms with Gasteiger partial charge in [0.1, 0.15) is 17.3 Å². The van der Waals surface area contributed by atoms with Gasteiger partial charge in [0.15, 0.2) is 0 Å². The number of hydrogen-bond acceptors (Lipinski definition) is 3. The molecule has 0 heterocycles. The number of benzene rings is 2. The molecule has 0 aliphatic carbocycles. The number of anilines is 2. The van der Waals surface area contributed by atoms with Crippen molar-refractivity contribution in [3.63, 3.8) is 0 Å². The van der Waals surface area contributed by atoms with E-state index >= 15 is 0 Å². The third-order valence-corrected chi connectivity index (χ3v) is 4.60. The van der Waals surface area contributed by atoms with Crippen molar-refractivity contribution in [2.75, 3.05) is 10.5 Å². The Hall–Kier alpha value is -2.15. The number of nitrogen functional groups attached to an aromatic ring is 1. The first-order valence-electron chi connectivity index (χ1n) is 6.06. The summed E-state index contributed by atoms with van der Waals surface area (Å²) in [4.78, 5) is -0.0423. The van der Waals surface area contributed by atoms with Gasteiger partial charge in [0.2, 0.25) is 0 Å². The molecule has 2 aromatic rings. The molecule has 0 unspecified atom stereocenters. The lowest BCUT2D eigenvalue weighted by Gasteiger charge is -2.14. The highest BCUT2D eigenvalue weighted by Gasteiger charge is 2.23. The number of hydrogen-bond donors (Lipinski definition) is 2. The maximum atomic E-state index is 13.6. The Morgan fingerprint density at radius 2 is 1.52 bits per heavy atom. The lowest BCUT2D eigenvalue weighted by molar-refractivity contribution is 0.582. The van der Waals surface area contributed by atoms with Crippen LogP contribution in [0.5, 0.6) is 0 Å². The molecule has 0 saturated heterocycles.